The van der Waals surface area contributed by atoms with Crippen LogP contribution in [0.15, 0.2) is 24.3 Å². The summed E-state index contributed by atoms with van der Waals surface area (Å²) < 4.78 is 0. The predicted octanol–water partition coefficient (Wildman–Crippen LogP) is 2.44. The Balaban J connectivity index is 2.89. The molecule has 0 aliphatic carbocycles. The molecule has 10 heavy (non-hydrogen) atoms. The molecule has 0 amide bonds. The van der Waals surface area contributed by atoms with Crippen molar-refractivity contribution < 1.29 is 0 Å². The molecule has 0 aromatic heterocycles. The summed E-state index contributed by atoms with van der Waals surface area (Å²) in [5.74, 6) is 0. The Morgan fingerprint density at radius 3 is 2.20 bits per heavy atom. The number of hydrogen-bond donors (Lipinski definition) is 0. The number of nitrogens with zero attached hydrogens (tertiary/aromatic N) is 1. The lowest BCUT2D eigenvalue weighted by Gasteiger charge is -2.10. The molecule has 0 saturated carbocycles. The summed E-state index contributed by atoms with van der Waals surface area (Å²) in [4.78, 5) is 1.54. The van der Waals surface area contributed by atoms with Gasteiger partial charge in [-0.1, -0.05) is 11.6 Å². The van der Waals surface area contributed by atoms with E-state index >= 15 is 0 Å². The summed E-state index contributed by atoms with van der Waals surface area (Å²) >= 11 is 5.66. The van der Waals surface area contributed by atoms with Crippen LogP contribution < -0.4 is 4.90 Å². The Morgan fingerprint density at radius 2 is 1.80 bits per heavy atom. The summed E-state index contributed by atoms with van der Waals surface area (Å²) in [6.07, 6.45) is 0. The lowest BCUT2D eigenvalue weighted by molar-refractivity contribution is 1.20. The van der Waals surface area contributed by atoms with E-state index in [1.807, 2.05) is 12.1 Å². The van der Waals surface area contributed by atoms with Gasteiger partial charge in [0.15, 0.2) is 0 Å². The Bertz CT molecular complexity index is 203. The standard InChI is InChI=1S/C8H8ClN/c1-10(2)8-5-3-7(9)4-6-8/h1,3-6H,2H3. The molecule has 1 aromatic carbocycles. The van der Waals surface area contributed by atoms with Crippen LogP contribution in [0.25, 0.3) is 0 Å². The molecule has 0 fully saturated rings. The van der Waals surface area contributed by atoms with E-state index in [1.165, 1.54) is 4.90 Å². The second-order valence-corrected chi connectivity index (χ2v) is 2.52. The second kappa shape index (κ2) is 2.93. The van der Waals surface area contributed by atoms with Crippen LogP contribution in [0.2, 0.25) is 5.02 Å². The van der Waals surface area contributed by atoms with Gasteiger partial charge >= 0.3 is 0 Å². The minimum Gasteiger partial charge on any atom is -0.367 e. The number of hydrogen-bond acceptors (Lipinski definition) is 1. The maximum atomic E-state index is 5.66. The van der Waals surface area contributed by atoms with Crippen LogP contribution in [0.3, 0.4) is 0 Å². The molecule has 52 valence electrons. The van der Waals surface area contributed by atoms with Gasteiger partial charge in [0.05, 0.1) is 7.05 Å². The molecular formula is C8H8ClN. The van der Waals surface area contributed by atoms with Crippen molar-refractivity contribution in [2.75, 3.05) is 11.9 Å². The number of halogens is 1. The molecule has 0 aliphatic heterocycles. The second-order valence-electron chi connectivity index (χ2n) is 2.09. The Labute approximate surface area is 66.2 Å². The predicted molar refractivity (Wildman–Crippen MR) is 44.2 cm³/mol. The summed E-state index contributed by atoms with van der Waals surface area (Å²) in [6.45, 7) is 0. The lowest BCUT2D eigenvalue weighted by Crippen LogP contribution is -2.04. The minimum atomic E-state index is 0.727. The molecular weight excluding hydrogens is 146 g/mol. The van der Waals surface area contributed by atoms with Crippen molar-refractivity contribution in [2.24, 2.45) is 0 Å². The molecule has 0 bridgehead atoms. The van der Waals surface area contributed by atoms with Crippen molar-refractivity contribution in [3.05, 3.63) is 36.3 Å². The highest BCUT2D eigenvalue weighted by atomic mass is 35.5. The largest absolute Gasteiger partial charge is 0.367 e. The number of anilines is 1. The van der Waals surface area contributed by atoms with Crippen molar-refractivity contribution in [1.82, 2.24) is 0 Å². The van der Waals surface area contributed by atoms with E-state index in [4.69, 9.17) is 18.6 Å². The number of benzene rings is 1. The molecule has 1 rings (SSSR count). The van der Waals surface area contributed by atoms with Gasteiger partial charge in [0.1, 0.15) is 0 Å². The molecule has 1 nitrogen and oxygen atoms in total. The molecule has 0 aliphatic rings. The zero-order chi connectivity index (χ0) is 7.56. The third kappa shape index (κ3) is 1.64. The Hall–Kier alpha value is -0.690. The van der Waals surface area contributed by atoms with E-state index in [1.54, 1.807) is 19.2 Å². The highest BCUT2D eigenvalue weighted by Gasteiger charge is 1.92. The first-order valence-electron chi connectivity index (χ1n) is 2.94. The van der Waals surface area contributed by atoms with Crippen molar-refractivity contribution in [3.8, 4) is 0 Å². The highest BCUT2D eigenvalue weighted by Crippen LogP contribution is 2.15. The zero-order valence-corrected chi connectivity index (χ0v) is 6.47. The first kappa shape index (κ1) is 7.42. The molecule has 1 aromatic rings. The zero-order valence-electron chi connectivity index (χ0n) is 5.71. The highest BCUT2D eigenvalue weighted by molar-refractivity contribution is 6.30. The van der Waals surface area contributed by atoms with Crippen LogP contribution in [0.4, 0.5) is 5.69 Å². The SMILES string of the molecule is [CH]N(C)c1ccc(Cl)cc1. The molecule has 0 saturated heterocycles. The Morgan fingerprint density at radius 1 is 1.30 bits per heavy atom. The van der Waals surface area contributed by atoms with Gasteiger partial charge in [-0.25, -0.2) is 0 Å². The van der Waals surface area contributed by atoms with Gasteiger partial charge in [0.25, 0.3) is 0 Å². The average Bonchev–Trinajstić information content (AvgIpc) is 1.88. The average molecular weight is 154 g/mol. The van der Waals surface area contributed by atoms with Crippen molar-refractivity contribution >= 4 is 17.3 Å². The fourth-order valence-electron chi connectivity index (χ4n) is 0.676. The van der Waals surface area contributed by atoms with E-state index in [-0.39, 0.29) is 0 Å². The Kier molecular flexibility index (Phi) is 2.17. The number of rotatable bonds is 1. The maximum Gasteiger partial charge on any atom is 0.0735 e. The van der Waals surface area contributed by atoms with Crippen LogP contribution >= 0.6 is 11.6 Å². The lowest BCUT2D eigenvalue weighted by atomic mass is 10.3. The van der Waals surface area contributed by atoms with E-state index in [9.17, 15) is 0 Å². The van der Waals surface area contributed by atoms with Gasteiger partial charge in [-0.2, -0.15) is 0 Å². The molecule has 0 N–H and O–H groups in total. The molecule has 2 heteroatoms. The smallest absolute Gasteiger partial charge is 0.0735 e. The molecule has 2 radical (unpaired) electrons. The summed E-state index contributed by atoms with van der Waals surface area (Å²) in [7, 11) is 7.24. The maximum absolute atomic E-state index is 5.66. The third-order valence-corrected chi connectivity index (χ3v) is 1.49. The van der Waals surface area contributed by atoms with E-state index in [0.29, 0.717) is 0 Å². The van der Waals surface area contributed by atoms with Crippen molar-refractivity contribution in [2.45, 2.75) is 0 Å². The van der Waals surface area contributed by atoms with Crippen molar-refractivity contribution in [3.63, 3.8) is 0 Å². The fourth-order valence-corrected chi connectivity index (χ4v) is 0.802. The first-order chi connectivity index (χ1) is 4.70. The van der Waals surface area contributed by atoms with Crippen LogP contribution in [-0.2, 0) is 0 Å². The molecule has 0 atom stereocenters. The van der Waals surface area contributed by atoms with Crippen LogP contribution in [0.1, 0.15) is 0 Å². The fraction of sp³-hybridized carbons (Fsp3) is 0.125. The van der Waals surface area contributed by atoms with Gasteiger partial charge in [-0.3, -0.25) is 0 Å². The topological polar surface area (TPSA) is 3.24 Å². The summed E-state index contributed by atoms with van der Waals surface area (Å²) in [5, 5.41) is 0.727. The summed E-state index contributed by atoms with van der Waals surface area (Å²) in [6, 6.07) is 7.34. The molecule has 0 spiro atoms. The summed E-state index contributed by atoms with van der Waals surface area (Å²) in [5.41, 5.74) is 0.949. The quantitative estimate of drug-likeness (QED) is 0.561. The van der Waals surface area contributed by atoms with Gasteiger partial charge in [0.2, 0.25) is 0 Å². The van der Waals surface area contributed by atoms with E-state index < -0.39 is 0 Å². The van der Waals surface area contributed by atoms with Crippen LogP contribution in [0, 0.1) is 7.05 Å². The molecule has 0 unspecified atom stereocenters. The van der Waals surface area contributed by atoms with E-state index in [2.05, 4.69) is 0 Å². The van der Waals surface area contributed by atoms with Gasteiger partial charge in [-0.15, -0.1) is 0 Å². The molecule has 0 heterocycles. The monoisotopic (exact) mass is 153 g/mol. The van der Waals surface area contributed by atoms with Crippen molar-refractivity contribution in [1.29, 1.82) is 0 Å². The first-order valence-corrected chi connectivity index (χ1v) is 3.32. The normalized spacial score (nSPS) is 9.50. The van der Waals surface area contributed by atoms with Gasteiger partial charge in [0, 0.05) is 17.8 Å². The van der Waals surface area contributed by atoms with Crippen LogP contribution in [-0.4, -0.2) is 7.05 Å². The van der Waals surface area contributed by atoms with Crippen LogP contribution in [0.5, 0.6) is 0 Å². The van der Waals surface area contributed by atoms with Gasteiger partial charge < -0.3 is 4.90 Å². The minimum absolute atomic E-state index is 0.727. The third-order valence-electron chi connectivity index (χ3n) is 1.23. The van der Waals surface area contributed by atoms with E-state index in [0.717, 1.165) is 10.7 Å². The van der Waals surface area contributed by atoms with Gasteiger partial charge in [-0.05, 0) is 24.3 Å².